The second kappa shape index (κ2) is 10.3. The van der Waals surface area contributed by atoms with Crippen LogP contribution < -0.4 is 21.1 Å². The number of ether oxygens (including phenoxy) is 1. The molecule has 7 rings (SSSR count). The van der Waals surface area contributed by atoms with Gasteiger partial charge in [0.25, 0.3) is 0 Å². The van der Waals surface area contributed by atoms with Crippen molar-refractivity contribution >= 4 is 28.4 Å². The van der Waals surface area contributed by atoms with Crippen LogP contribution >= 0.6 is 0 Å². The number of nitrogens with zero attached hydrogens (tertiary/aromatic N) is 10. The van der Waals surface area contributed by atoms with Crippen LogP contribution in [0.1, 0.15) is 5.69 Å². The molecule has 1 aliphatic heterocycles. The second-order valence-corrected chi connectivity index (χ2v) is 9.98. The van der Waals surface area contributed by atoms with Gasteiger partial charge >= 0.3 is 5.69 Å². The SMILES string of the molecule is Cn1c(=O)n(CCN2CCN(c3ccc(OCc4cn[nH]n4)cc3F)CC2)c2nc(N)n3nc(-c4ccco4)nc3c21. The quantitative estimate of drug-likeness (QED) is 0.269. The molecule has 0 atom stereocenters. The highest BCUT2D eigenvalue weighted by molar-refractivity contribution is 5.88. The average molecular weight is 575 g/mol. The van der Waals surface area contributed by atoms with Crippen LogP contribution in [0.3, 0.4) is 0 Å². The number of aromatic amines is 1. The molecule has 15 nitrogen and oxygen atoms in total. The number of aromatic nitrogens is 9. The molecule has 3 N–H and O–H groups in total. The summed E-state index contributed by atoms with van der Waals surface area (Å²) in [4.78, 5) is 26.6. The third-order valence-corrected chi connectivity index (χ3v) is 7.44. The highest BCUT2D eigenvalue weighted by atomic mass is 19.1. The lowest BCUT2D eigenvalue weighted by Crippen LogP contribution is -2.47. The zero-order valence-corrected chi connectivity index (χ0v) is 22.6. The van der Waals surface area contributed by atoms with E-state index in [1.54, 1.807) is 42.1 Å². The lowest BCUT2D eigenvalue weighted by Gasteiger charge is -2.36. The maximum absolute atomic E-state index is 14.9. The summed E-state index contributed by atoms with van der Waals surface area (Å²) in [5, 5.41) is 14.6. The fourth-order valence-electron chi connectivity index (χ4n) is 5.24. The molecule has 42 heavy (non-hydrogen) atoms. The predicted octanol–water partition coefficient (Wildman–Crippen LogP) is 1.28. The molecule has 1 aliphatic rings. The van der Waals surface area contributed by atoms with E-state index in [-0.39, 0.29) is 24.1 Å². The van der Waals surface area contributed by atoms with E-state index in [0.717, 1.165) is 0 Å². The monoisotopic (exact) mass is 574 g/mol. The number of nitrogens with two attached hydrogens (primary N) is 1. The summed E-state index contributed by atoms with van der Waals surface area (Å²) < 4.78 is 30.5. The third-order valence-electron chi connectivity index (χ3n) is 7.44. The number of halogens is 1. The van der Waals surface area contributed by atoms with Gasteiger partial charge in [-0.3, -0.25) is 14.0 Å². The summed E-state index contributed by atoms with van der Waals surface area (Å²) in [6.07, 6.45) is 3.09. The van der Waals surface area contributed by atoms with E-state index >= 15 is 0 Å². The number of benzene rings is 1. The fraction of sp³-hybridized carbons (Fsp3) is 0.308. The Hall–Kier alpha value is -5.25. The van der Waals surface area contributed by atoms with Crippen LogP contribution in [0.15, 0.2) is 52.0 Å². The van der Waals surface area contributed by atoms with E-state index in [1.165, 1.54) is 21.4 Å². The summed E-state index contributed by atoms with van der Waals surface area (Å²) >= 11 is 0. The number of furan rings is 1. The first-order valence-corrected chi connectivity index (χ1v) is 13.4. The first-order valence-electron chi connectivity index (χ1n) is 13.4. The summed E-state index contributed by atoms with van der Waals surface area (Å²) in [6, 6.07) is 8.36. The smallest absolute Gasteiger partial charge is 0.330 e. The van der Waals surface area contributed by atoms with Gasteiger partial charge in [0.05, 0.1) is 18.1 Å². The molecule has 0 unspecified atom stereocenters. The molecule has 6 aromatic rings. The number of anilines is 2. The van der Waals surface area contributed by atoms with Crippen molar-refractivity contribution in [2.45, 2.75) is 13.2 Å². The highest BCUT2D eigenvalue weighted by Gasteiger charge is 2.23. The van der Waals surface area contributed by atoms with Gasteiger partial charge in [-0.05, 0) is 24.3 Å². The first-order chi connectivity index (χ1) is 20.5. The number of imidazole rings is 1. The minimum absolute atomic E-state index is 0.118. The van der Waals surface area contributed by atoms with Gasteiger partial charge < -0.3 is 19.8 Å². The molecule has 0 saturated carbocycles. The van der Waals surface area contributed by atoms with Crippen LogP contribution in [0.25, 0.3) is 28.4 Å². The number of piperazine rings is 1. The Morgan fingerprint density at radius 1 is 1.12 bits per heavy atom. The van der Waals surface area contributed by atoms with E-state index in [1.807, 2.05) is 4.90 Å². The Labute approximate surface area is 236 Å². The van der Waals surface area contributed by atoms with Crippen molar-refractivity contribution in [3.8, 4) is 17.3 Å². The number of nitrogen functional groups attached to an aromatic ring is 1. The minimum atomic E-state index is -0.345. The van der Waals surface area contributed by atoms with E-state index < -0.39 is 0 Å². The maximum Gasteiger partial charge on any atom is 0.330 e. The van der Waals surface area contributed by atoms with Crippen molar-refractivity contribution < 1.29 is 13.5 Å². The van der Waals surface area contributed by atoms with E-state index in [4.69, 9.17) is 14.9 Å². The fourth-order valence-corrected chi connectivity index (χ4v) is 5.24. The Bertz CT molecular complexity index is 1920. The minimum Gasteiger partial charge on any atom is -0.487 e. The molecule has 0 spiro atoms. The number of aryl methyl sites for hydroxylation is 1. The number of hydrogen-bond donors (Lipinski definition) is 2. The van der Waals surface area contributed by atoms with Gasteiger partial charge in [-0.1, -0.05) is 0 Å². The molecule has 0 bridgehead atoms. The van der Waals surface area contributed by atoms with Crippen molar-refractivity contribution in [3.05, 3.63) is 64.8 Å². The first kappa shape index (κ1) is 25.7. The Morgan fingerprint density at radius 2 is 1.98 bits per heavy atom. The largest absolute Gasteiger partial charge is 0.487 e. The van der Waals surface area contributed by atoms with Crippen LogP contribution in [-0.2, 0) is 20.2 Å². The van der Waals surface area contributed by atoms with Crippen molar-refractivity contribution in [3.63, 3.8) is 0 Å². The zero-order chi connectivity index (χ0) is 28.8. The average Bonchev–Trinajstić information content (AvgIpc) is 3.80. The third kappa shape index (κ3) is 4.50. The summed E-state index contributed by atoms with van der Waals surface area (Å²) in [6.45, 7) is 3.92. The van der Waals surface area contributed by atoms with Crippen LogP contribution in [0.2, 0.25) is 0 Å². The molecule has 16 heteroatoms. The van der Waals surface area contributed by atoms with Crippen molar-refractivity contribution in [2.75, 3.05) is 43.4 Å². The van der Waals surface area contributed by atoms with Gasteiger partial charge in [-0.25, -0.2) is 14.2 Å². The normalized spacial score (nSPS) is 14.4. The van der Waals surface area contributed by atoms with Gasteiger partial charge in [0.1, 0.15) is 29.4 Å². The van der Waals surface area contributed by atoms with Gasteiger partial charge in [-0.15, -0.1) is 5.10 Å². The Morgan fingerprint density at radius 3 is 2.71 bits per heavy atom. The Kier molecular flexibility index (Phi) is 6.30. The molecule has 5 aromatic heterocycles. The van der Waals surface area contributed by atoms with Crippen LogP contribution in [0.4, 0.5) is 16.0 Å². The van der Waals surface area contributed by atoms with Crippen LogP contribution in [0.5, 0.6) is 5.75 Å². The molecule has 1 fully saturated rings. The molecule has 1 saturated heterocycles. The van der Waals surface area contributed by atoms with Crippen LogP contribution in [0, 0.1) is 5.82 Å². The number of rotatable bonds is 8. The van der Waals surface area contributed by atoms with Crippen LogP contribution in [-0.4, -0.2) is 81.8 Å². The highest BCUT2D eigenvalue weighted by Crippen LogP contribution is 2.26. The number of hydrogen-bond acceptors (Lipinski definition) is 11. The molecule has 0 amide bonds. The number of fused-ring (bicyclic) bond motifs is 3. The predicted molar refractivity (Wildman–Crippen MR) is 149 cm³/mol. The molecular formula is C26H27FN12O3. The lowest BCUT2D eigenvalue weighted by molar-refractivity contribution is 0.247. The van der Waals surface area contributed by atoms with E-state index in [9.17, 15) is 9.18 Å². The van der Waals surface area contributed by atoms with E-state index in [2.05, 4.69) is 35.4 Å². The van der Waals surface area contributed by atoms with Gasteiger partial charge in [0.15, 0.2) is 17.1 Å². The van der Waals surface area contributed by atoms with Crippen molar-refractivity contribution in [2.24, 2.45) is 7.05 Å². The molecule has 6 heterocycles. The zero-order valence-electron chi connectivity index (χ0n) is 22.6. The van der Waals surface area contributed by atoms with Gasteiger partial charge in [-0.2, -0.15) is 24.9 Å². The summed E-state index contributed by atoms with van der Waals surface area (Å²) in [7, 11) is 1.68. The van der Waals surface area contributed by atoms with Crippen molar-refractivity contribution in [1.82, 2.24) is 49.0 Å². The topological polar surface area (TPSA) is 166 Å². The Balaban J connectivity index is 1.03. The lowest BCUT2D eigenvalue weighted by atomic mass is 10.2. The van der Waals surface area contributed by atoms with Gasteiger partial charge in [0.2, 0.25) is 11.8 Å². The van der Waals surface area contributed by atoms with Gasteiger partial charge in [0, 0.05) is 52.4 Å². The standard InChI is InChI=1S/C26H27FN12O3/c1-35-21-23(31-25(28)39-24(21)30-22(33-39)20-3-2-12-41-20)38(26(35)40)11-8-36-6-9-37(10-7-36)19-5-4-17(13-18(19)27)42-15-16-14-29-34-32-16/h2-5,12-14H,6-11,15H2,1H3,(H2,28,31)(H,29,32,34). The number of H-pyrrole nitrogens is 1. The molecule has 0 radical (unpaired) electrons. The van der Waals surface area contributed by atoms with Crippen molar-refractivity contribution in [1.29, 1.82) is 0 Å². The van der Waals surface area contributed by atoms with E-state index in [0.29, 0.717) is 84.8 Å². The second-order valence-electron chi connectivity index (χ2n) is 9.98. The number of nitrogens with one attached hydrogen (secondary N) is 1. The molecular weight excluding hydrogens is 547 g/mol. The molecule has 1 aromatic carbocycles. The molecule has 216 valence electrons. The maximum atomic E-state index is 14.9. The molecule has 0 aliphatic carbocycles. The summed E-state index contributed by atoms with van der Waals surface area (Å²) in [5.41, 5.74) is 8.56. The summed E-state index contributed by atoms with van der Waals surface area (Å²) in [5.74, 6) is 1.04.